The van der Waals surface area contributed by atoms with E-state index >= 15 is 0 Å². The Bertz CT molecular complexity index is 544. The third-order valence-corrected chi connectivity index (χ3v) is 3.75. The fourth-order valence-corrected chi connectivity index (χ4v) is 2.78. The summed E-state index contributed by atoms with van der Waals surface area (Å²) in [6, 6.07) is 4.67. The summed E-state index contributed by atoms with van der Waals surface area (Å²) in [4.78, 5) is 24.7. The summed E-state index contributed by atoms with van der Waals surface area (Å²) in [5.41, 5.74) is 0.827. The zero-order valence-electron chi connectivity index (χ0n) is 11.9. The number of rotatable bonds is 3. The maximum Gasteiger partial charge on any atom is 0.292 e. The number of carbonyl (C=O) groups is 1. The predicted molar refractivity (Wildman–Crippen MR) is 76.9 cm³/mol. The maximum atomic E-state index is 12.5. The quantitative estimate of drug-likeness (QED) is 0.680. The minimum atomic E-state index is -0.458. The molecule has 1 amide bonds. The van der Waals surface area contributed by atoms with Gasteiger partial charge in [-0.15, -0.1) is 0 Å². The van der Waals surface area contributed by atoms with Crippen molar-refractivity contribution in [3.05, 3.63) is 33.9 Å². The van der Waals surface area contributed by atoms with Crippen LogP contribution >= 0.6 is 0 Å². The maximum absolute atomic E-state index is 12.5. The van der Waals surface area contributed by atoms with Gasteiger partial charge in [-0.2, -0.15) is 0 Å². The normalized spacial score (nSPS) is 21.9. The van der Waals surface area contributed by atoms with Crippen LogP contribution in [-0.4, -0.2) is 35.4 Å². The van der Waals surface area contributed by atoms with E-state index in [4.69, 9.17) is 0 Å². The summed E-state index contributed by atoms with van der Waals surface area (Å²) in [7, 11) is 1.61. The van der Waals surface area contributed by atoms with Gasteiger partial charge in [0.05, 0.1) is 4.92 Å². The highest BCUT2D eigenvalue weighted by molar-refractivity contribution is 5.96. The molecule has 0 spiro atoms. The highest BCUT2D eigenvalue weighted by atomic mass is 16.6. The molecule has 1 heterocycles. The zero-order chi connectivity index (χ0) is 14.9. The highest BCUT2D eigenvalue weighted by Crippen LogP contribution is 2.28. The van der Waals surface area contributed by atoms with Crippen molar-refractivity contribution >= 4 is 17.3 Å². The summed E-state index contributed by atoms with van der Waals surface area (Å²) in [5.74, 6) is 0.434. The lowest BCUT2D eigenvalue weighted by Crippen LogP contribution is -2.33. The molecule has 2 rings (SSSR count). The van der Waals surface area contributed by atoms with Crippen LogP contribution in [0.5, 0.6) is 0 Å². The van der Waals surface area contributed by atoms with E-state index in [2.05, 4.69) is 12.2 Å². The molecule has 1 aromatic rings. The summed E-state index contributed by atoms with van der Waals surface area (Å²) in [6.07, 6.45) is 0.998. The topological polar surface area (TPSA) is 75.5 Å². The predicted octanol–water partition coefficient (Wildman–Crippen LogP) is 2.51. The van der Waals surface area contributed by atoms with Crippen LogP contribution in [0.15, 0.2) is 18.2 Å². The van der Waals surface area contributed by atoms with Crippen LogP contribution in [0.2, 0.25) is 0 Å². The van der Waals surface area contributed by atoms with Gasteiger partial charge in [0.15, 0.2) is 0 Å². The van der Waals surface area contributed by atoms with Crippen LogP contribution in [0.1, 0.15) is 30.6 Å². The number of nitrogens with zero attached hydrogens (tertiary/aromatic N) is 2. The zero-order valence-corrected chi connectivity index (χ0v) is 11.9. The fourth-order valence-electron chi connectivity index (χ4n) is 2.78. The van der Waals surface area contributed by atoms with Crippen molar-refractivity contribution in [3.8, 4) is 0 Å². The van der Waals surface area contributed by atoms with Crippen LogP contribution in [0, 0.1) is 16.0 Å². The van der Waals surface area contributed by atoms with Crippen LogP contribution in [0.3, 0.4) is 0 Å². The van der Waals surface area contributed by atoms with Gasteiger partial charge in [-0.05, 0) is 31.4 Å². The minimum Gasteiger partial charge on any atom is -0.383 e. The van der Waals surface area contributed by atoms with Crippen molar-refractivity contribution in [3.63, 3.8) is 0 Å². The summed E-state index contributed by atoms with van der Waals surface area (Å²) >= 11 is 0. The molecule has 2 unspecified atom stereocenters. The van der Waals surface area contributed by atoms with E-state index in [-0.39, 0.29) is 17.6 Å². The number of nitrogens with one attached hydrogen (secondary N) is 1. The molecule has 1 aromatic carbocycles. The highest BCUT2D eigenvalue weighted by Gasteiger charge is 2.31. The standard InChI is InChI=1S/C14H19N3O3/c1-9-6-10(2)16(8-9)14(18)11-4-5-13(17(19)20)12(7-11)15-3/h4-5,7,9-10,15H,6,8H2,1-3H3. The van der Waals surface area contributed by atoms with E-state index in [0.29, 0.717) is 17.2 Å². The van der Waals surface area contributed by atoms with Crippen LogP contribution in [0.25, 0.3) is 0 Å². The van der Waals surface area contributed by atoms with E-state index in [1.807, 2.05) is 11.8 Å². The molecule has 1 saturated heterocycles. The van der Waals surface area contributed by atoms with Gasteiger partial charge in [0.25, 0.3) is 11.6 Å². The lowest BCUT2D eigenvalue weighted by atomic mass is 10.1. The van der Waals surface area contributed by atoms with E-state index in [1.165, 1.54) is 12.1 Å². The molecule has 0 aliphatic carbocycles. The first-order chi connectivity index (χ1) is 9.43. The molecular weight excluding hydrogens is 258 g/mol. The first-order valence-corrected chi connectivity index (χ1v) is 6.71. The lowest BCUT2D eigenvalue weighted by molar-refractivity contribution is -0.383. The Labute approximate surface area is 117 Å². The first kappa shape index (κ1) is 14.3. The molecule has 108 valence electrons. The molecule has 1 N–H and O–H groups in total. The Balaban J connectivity index is 2.29. The Morgan fingerprint density at radius 1 is 1.45 bits per heavy atom. The SMILES string of the molecule is CNc1cc(C(=O)N2CC(C)CC2C)ccc1[N+](=O)[O-]. The molecule has 0 radical (unpaired) electrons. The van der Waals surface area contributed by atoms with Crippen molar-refractivity contribution in [2.24, 2.45) is 5.92 Å². The second-order valence-electron chi connectivity index (χ2n) is 5.39. The van der Waals surface area contributed by atoms with E-state index in [0.717, 1.165) is 13.0 Å². The fraction of sp³-hybridized carbons (Fsp3) is 0.500. The molecule has 6 heteroatoms. The van der Waals surface area contributed by atoms with Gasteiger partial charge >= 0.3 is 0 Å². The average molecular weight is 277 g/mol. The number of amides is 1. The Kier molecular flexibility index (Phi) is 3.92. The summed E-state index contributed by atoms with van der Waals surface area (Å²) in [6.45, 7) is 4.90. The average Bonchev–Trinajstić information content (AvgIpc) is 2.75. The monoisotopic (exact) mass is 277 g/mol. The molecule has 2 atom stereocenters. The number of nitro groups is 1. The molecule has 0 aromatic heterocycles. The lowest BCUT2D eigenvalue weighted by Gasteiger charge is -2.21. The molecule has 20 heavy (non-hydrogen) atoms. The largest absolute Gasteiger partial charge is 0.383 e. The second kappa shape index (κ2) is 5.48. The number of benzene rings is 1. The number of hydrogen-bond donors (Lipinski definition) is 1. The Hall–Kier alpha value is -2.11. The molecule has 1 aliphatic heterocycles. The van der Waals surface area contributed by atoms with E-state index in [9.17, 15) is 14.9 Å². The van der Waals surface area contributed by atoms with Crippen LogP contribution < -0.4 is 5.32 Å². The molecular formula is C14H19N3O3. The molecule has 6 nitrogen and oxygen atoms in total. The van der Waals surface area contributed by atoms with Gasteiger partial charge in [-0.25, -0.2) is 0 Å². The molecule has 0 bridgehead atoms. The molecule has 0 saturated carbocycles. The summed E-state index contributed by atoms with van der Waals surface area (Å²) < 4.78 is 0. The van der Waals surface area contributed by atoms with Gasteiger partial charge in [0.2, 0.25) is 0 Å². The third kappa shape index (κ3) is 2.59. The summed E-state index contributed by atoms with van der Waals surface area (Å²) in [5, 5.41) is 13.7. The first-order valence-electron chi connectivity index (χ1n) is 6.71. The van der Waals surface area contributed by atoms with Crippen molar-refractivity contribution in [2.45, 2.75) is 26.3 Å². The minimum absolute atomic E-state index is 0.0214. The van der Waals surface area contributed by atoms with Crippen molar-refractivity contribution in [2.75, 3.05) is 18.9 Å². The number of hydrogen-bond acceptors (Lipinski definition) is 4. The number of carbonyl (C=O) groups excluding carboxylic acids is 1. The van der Waals surface area contributed by atoms with E-state index < -0.39 is 4.92 Å². The van der Waals surface area contributed by atoms with Gasteiger partial charge in [0.1, 0.15) is 5.69 Å². The third-order valence-electron chi connectivity index (χ3n) is 3.75. The van der Waals surface area contributed by atoms with E-state index in [1.54, 1.807) is 13.1 Å². The van der Waals surface area contributed by atoms with Crippen molar-refractivity contribution in [1.82, 2.24) is 4.90 Å². The molecule has 1 fully saturated rings. The molecule has 1 aliphatic rings. The van der Waals surface area contributed by atoms with Gasteiger partial charge in [-0.3, -0.25) is 14.9 Å². The van der Waals surface area contributed by atoms with Crippen molar-refractivity contribution in [1.29, 1.82) is 0 Å². The van der Waals surface area contributed by atoms with Crippen LogP contribution in [-0.2, 0) is 0 Å². The second-order valence-corrected chi connectivity index (χ2v) is 5.39. The Morgan fingerprint density at radius 3 is 2.65 bits per heavy atom. The van der Waals surface area contributed by atoms with Gasteiger partial charge < -0.3 is 10.2 Å². The number of nitro benzene ring substituents is 1. The number of anilines is 1. The van der Waals surface area contributed by atoms with Crippen molar-refractivity contribution < 1.29 is 9.72 Å². The van der Waals surface area contributed by atoms with Gasteiger partial charge in [-0.1, -0.05) is 6.92 Å². The Morgan fingerprint density at radius 2 is 2.15 bits per heavy atom. The number of likely N-dealkylation sites (tertiary alicyclic amines) is 1. The smallest absolute Gasteiger partial charge is 0.292 e. The van der Waals surface area contributed by atoms with Crippen LogP contribution in [0.4, 0.5) is 11.4 Å². The van der Waals surface area contributed by atoms with Gasteiger partial charge in [0, 0.05) is 31.3 Å².